The predicted octanol–water partition coefficient (Wildman–Crippen LogP) is 0.724. The summed E-state index contributed by atoms with van der Waals surface area (Å²) in [6.45, 7) is 4.96. The van der Waals surface area contributed by atoms with E-state index in [1.165, 1.54) is 0 Å². The number of aromatic nitrogens is 2. The van der Waals surface area contributed by atoms with Gasteiger partial charge in [-0.25, -0.2) is 4.68 Å². The SMILES string of the molecule is CCCNC(=S)Nc1ccnn1C1CNC1. The van der Waals surface area contributed by atoms with Crippen LogP contribution in [0.25, 0.3) is 0 Å². The highest BCUT2D eigenvalue weighted by atomic mass is 32.1. The maximum absolute atomic E-state index is 5.19. The number of rotatable bonds is 4. The van der Waals surface area contributed by atoms with Crippen molar-refractivity contribution in [3.05, 3.63) is 12.3 Å². The van der Waals surface area contributed by atoms with Crippen molar-refractivity contribution in [2.75, 3.05) is 25.0 Å². The third-order valence-electron chi connectivity index (χ3n) is 2.55. The van der Waals surface area contributed by atoms with Crippen molar-refractivity contribution in [2.24, 2.45) is 0 Å². The van der Waals surface area contributed by atoms with Crippen LogP contribution in [0.3, 0.4) is 0 Å². The van der Waals surface area contributed by atoms with Crippen LogP contribution in [-0.2, 0) is 0 Å². The van der Waals surface area contributed by atoms with Crippen LogP contribution >= 0.6 is 12.2 Å². The minimum Gasteiger partial charge on any atom is -0.362 e. The van der Waals surface area contributed by atoms with Gasteiger partial charge >= 0.3 is 0 Å². The van der Waals surface area contributed by atoms with Crippen molar-refractivity contribution in [3.63, 3.8) is 0 Å². The topological polar surface area (TPSA) is 53.9 Å². The second kappa shape index (κ2) is 5.27. The second-order valence-corrected chi connectivity index (χ2v) is 4.26. The number of nitrogens with one attached hydrogen (secondary N) is 3. The standard InChI is InChI=1S/C10H17N5S/c1-2-4-12-10(16)14-9-3-5-13-15(9)8-6-11-7-8/h3,5,8,11H,2,4,6-7H2,1H3,(H2,12,14,16). The predicted molar refractivity (Wildman–Crippen MR) is 68.6 cm³/mol. The van der Waals surface area contributed by atoms with Gasteiger partial charge in [0, 0.05) is 25.7 Å². The lowest BCUT2D eigenvalue weighted by Crippen LogP contribution is -2.44. The Morgan fingerprint density at radius 3 is 3.12 bits per heavy atom. The molecule has 0 saturated carbocycles. The van der Waals surface area contributed by atoms with Crippen LogP contribution in [0.15, 0.2) is 12.3 Å². The van der Waals surface area contributed by atoms with Gasteiger partial charge < -0.3 is 16.0 Å². The molecular weight excluding hydrogens is 222 g/mol. The highest BCUT2D eigenvalue weighted by molar-refractivity contribution is 7.80. The Balaban J connectivity index is 1.93. The summed E-state index contributed by atoms with van der Waals surface area (Å²) in [5, 5.41) is 14.5. The van der Waals surface area contributed by atoms with Crippen molar-refractivity contribution in [1.82, 2.24) is 20.4 Å². The van der Waals surface area contributed by atoms with E-state index < -0.39 is 0 Å². The van der Waals surface area contributed by atoms with Crippen LogP contribution in [-0.4, -0.2) is 34.5 Å². The third kappa shape index (κ3) is 2.51. The summed E-state index contributed by atoms with van der Waals surface area (Å²) in [5.41, 5.74) is 0. The lowest BCUT2D eigenvalue weighted by Gasteiger charge is -2.29. The van der Waals surface area contributed by atoms with Gasteiger partial charge in [-0.3, -0.25) is 0 Å². The van der Waals surface area contributed by atoms with E-state index in [9.17, 15) is 0 Å². The molecule has 0 atom stereocenters. The summed E-state index contributed by atoms with van der Waals surface area (Å²) in [4.78, 5) is 0. The normalized spacial score (nSPS) is 15.6. The van der Waals surface area contributed by atoms with Crippen molar-refractivity contribution < 1.29 is 0 Å². The fourth-order valence-electron chi connectivity index (χ4n) is 1.55. The number of thiocarbonyl (C=S) groups is 1. The Morgan fingerprint density at radius 2 is 2.50 bits per heavy atom. The van der Waals surface area contributed by atoms with Crippen LogP contribution in [0.2, 0.25) is 0 Å². The molecule has 2 rings (SSSR count). The molecular formula is C10H17N5S. The number of anilines is 1. The molecule has 0 radical (unpaired) electrons. The van der Waals surface area contributed by atoms with Gasteiger partial charge in [0.2, 0.25) is 0 Å². The molecule has 6 heteroatoms. The number of nitrogens with zero attached hydrogens (tertiary/aromatic N) is 2. The first-order valence-electron chi connectivity index (χ1n) is 5.60. The van der Waals surface area contributed by atoms with Gasteiger partial charge in [0.05, 0.1) is 12.2 Å². The quantitative estimate of drug-likeness (QED) is 0.676. The Labute approximate surface area is 101 Å². The summed E-state index contributed by atoms with van der Waals surface area (Å²) in [5.74, 6) is 0.958. The zero-order valence-electron chi connectivity index (χ0n) is 9.36. The van der Waals surface area contributed by atoms with Gasteiger partial charge in [-0.05, 0) is 18.6 Å². The molecule has 0 unspecified atom stereocenters. The first-order valence-corrected chi connectivity index (χ1v) is 6.01. The number of hydrogen-bond donors (Lipinski definition) is 3. The van der Waals surface area contributed by atoms with Crippen LogP contribution in [0, 0.1) is 0 Å². The van der Waals surface area contributed by atoms with Gasteiger partial charge in [-0.2, -0.15) is 5.10 Å². The molecule has 2 heterocycles. The lowest BCUT2D eigenvalue weighted by molar-refractivity contribution is 0.322. The molecule has 1 saturated heterocycles. The molecule has 0 aliphatic carbocycles. The van der Waals surface area contributed by atoms with Crippen molar-refractivity contribution >= 4 is 23.1 Å². The summed E-state index contributed by atoms with van der Waals surface area (Å²) in [7, 11) is 0. The van der Waals surface area contributed by atoms with E-state index in [2.05, 4.69) is 28.0 Å². The van der Waals surface area contributed by atoms with Gasteiger partial charge in [0.25, 0.3) is 0 Å². The summed E-state index contributed by atoms with van der Waals surface area (Å²) < 4.78 is 1.98. The van der Waals surface area contributed by atoms with Crippen LogP contribution < -0.4 is 16.0 Å². The summed E-state index contributed by atoms with van der Waals surface area (Å²) >= 11 is 5.19. The monoisotopic (exact) mass is 239 g/mol. The molecule has 1 aliphatic rings. The zero-order valence-corrected chi connectivity index (χ0v) is 10.2. The fraction of sp³-hybridized carbons (Fsp3) is 0.600. The lowest BCUT2D eigenvalue weighted by atomic mass is 10.2. The maximum Gasteiger partial charge on any atom is 0.171 e. The van der Waals surface area contributed by atoms with Crippen molar-refractivity contribution in [1.29, 1.82) is 0 Å². The smallest absolute Gasteiger partial charge is 0.171 e. The van der Waals surface area contributed by atoms with E-state index in [0.29, 0.717) is 11.2 Å². The van der Waals surface area contributed by atoms with E-state index in [-0.39, 0.29) is 0 Å². The summed E-state index contributed by atoms with van der Waals surface area (Å²) in [6.07, 6.45) is 2.86. The van der Waals surface area contributed by atoms with Crippen LogP contribution in [0.4, 0.5) is 5.82 Å². The van der Waals surface area contributed by atoms with Crippen molar-refractivity contribution in [3.8, 4) is 0 Å². The number of hydrogen-bond acceptors (Lipinski definition) is 3. The van der Waals surface area contributed by atoms with Gasteiger partial charge in [-0.15, -0.1) is 0 Å². The molecule has 1 aliphatic heterocycles. The molecule has 0 bridgehead atoms. The zero-order chi connectivity index (χ0) is 11.4. The van der Waals surface area contributed by atoms with Crippen LogP contribution in [0.5, 0.6) is 0 Å². The Morgan fingerprint density at radius 1 is 1.69 bits per heavy atom. The molecule has 0 spiro atoms. The minimum atomic E-state index is 0.450. The highest BCUT2D eigenvalue weighted by Gasteiger charge is 2.21. The molecule has 0 aromatic carbocycles. The van der Waals surface area contributed by atoms with Crippen LogP contribution in [0.1, 0.15) is 19.4 Å². The molecule has 1 fully saturated rings. The first kappa shape index (κ1) is 11.3. The van der Waals surface area contributed by atoms with E-state index in [0.717, 1.165) is 31.9 Å². The van der Waals surface area contributed by atoms with E-state index in [4.69, 9.17) is 12.2 Å². The minimum absolute atomic E-state index is 0.450. The maximum atomic E-state index is 5.19. The Hall–Kier alpha value is -1.14. The summed E-state index contributed by atoms with van der Waals surface area (Å²) in [6, 6.07) is 2.39. The van der Waals surface area contributed by atoms with E-state index >= 15 is 0 Å². The van der Waals surface area contributed by atoms with Gasteiger partial charge in [0.15, 0.2) is 5.11 Å². The second-order valence-electron chi connectivity index (χ2n) is 3.85. The van der Waals surface area contributed by atoms with E-state index in [1.807, 2.05) is 10.7 Å². The molecule has 5 nitrogen and oxygen atoms in total. The molecule has 3 N–H and O–H groups in total. The molecule has 0 amide bonds. The van der Waals surface area contributed by atoms with Gasteiger partial charge in [-0.1, -0.05) is 6.92 Å². The fourth-order valence-corrected chi connectivity index (χ4v) is 1.76. The largest absolute Gasteiger partial charge is 0.362 e. The average molecular weight is 239 g/mol. The molecule has 1 aromatic heterocycles. The highest BCUT2D eigenvalue weighted by Crippen LogP contribution is 2.17. The van der Waals surface area contributed by atoms with Crippen molar-refractivity contribution in [2.45, 2.75) is 19.4 Å². The molecule has 1 aromatic rings. The van der Waals surface area contributed by atoms with E-state index in [1.54, 1.807) is 6.20 Å². The average Bonchev–Trinajstić information content (AvgIpc) is 2.61. The van der Waals surface area contributed by atoms with Gasteiger partial charge in [0.1, 0.15) is 5.82 Å². The molecule has 88 valence electrons. The third-order valence-corrected chi connectivity index (χ3v) is 2.80. The Kier molecular flexibility index (Phi) is 3.74. The Bertz CT molecular complexity index is 358. The first-order chi connectivity index (χ1) is 7.81. The molecule has 16 heavy (non-hydrogen) atoms.